The molecule has 3 aromatic rings. The predicted octanol–water partition coefficient (Wildman–Crippen LogP) is 2.44. The summed E-state index contributed by atoms with van der Waals surface area (Å²) in [7, 11) is 0. The predicted molar refractivity (Wildman–Crippen MR) is 114 cm³/mol. The van der Waals surface area contributed by atoms with Gasteiger partial charge >= 0.3 is 11.9 Å². The molecule has 2 atom stereocenters. The van der Waals surface area contributed by atoms with Gasteiger partial charge in [-0.1, -0.05) is 0 Å². The number of fused-ring (bicyclic) bond motifs is 1. The molecule has 3 rings (SSSR count). The molecule has 0 radical (unpaired) electrons. The number of hydrogen-bond donors (Lipinski definition) is 0. The summed E-state index contributed by atoms with van der Waals surface area (Å²) in [5, 5.41) is 28.3. The van der Waals surface area contributed by atoms with Crippen molar-refractivity contribution in [3.63, 3.8) is 0 Å². The van der Waals surface area contributed by atoms with Crippen molar-refractivity contribution < 1.29 is 23.5 Å². The van der Waals surface area contributed by atoms with Crippen LogP contribution in [-0.2, 0) is 19.1 Å². The smallest absolute Gasteiger partial charge is 0.331 e. The van der Waals surface area contributed by atoms with E-state index in [4.69, 9.17) is 20.5 Å². The van der Waals surface area contributed by atoms with Gasteiger partial charge in [-0.05, 0) is 26.0 Å². The second kappa shape index (κ2) is 10.5. The lowest BCUT2D eigenvalue weighted by atomic mass is 10.1. The number of rotatable bonds is 7. The number of carbonyl (C=O) groups excluding carboxylic acids is 2. The molecule has 0 fully saturated rings. The molecule has 13 heteroatoms. The molecule has 0 saturated heterocycles. The zero-order valence-electron chi connectivity index (χ0n) is 18.3. The first-order valence-electron chi connectivity index (χ1n) is 10.0. The summed E-state index contributed by atoms with van der Waals surface area (Å²) in [6.07, 6.45) is 0. The molecule has 0 saturated carbocycles. The van der Waals surface area contributed by atoms with Gasteiger partial charge in [0.2, 0.25) is 23.3 Å². The number of esters is 2. The molecule has 1 aromatic carbocycles. The van der Waals surface area contributed by atoms with Crippen LogP contribution in [0, 0.1) is 40.6 Å². The van der Waals surface area contributed by atoms with E-state index in [-0.39, 0.29) is 47.3 Å². The third-order valence-corrected chi connectivity index (χ3v) is 4.43. The molecule has 0 spiro atoms. The number of carbonyl (C=O) groups is 2. The average molecular weight is 470 g/mol. The molecular formula is C22H14N8O5. The first kappa shape index (κ1) is 24.2. The Labute approximate surface area is 198 Å². The van der Waals surface area contributed by atoms with E-state index in [0.717, 1.165) is 0 Å². The number of aromatic nitrogens is 4. The van der Waals surface area contributed by atoms with Crippen LogP contribution >= 0.6 is 0 Å². The summed E-state index contributed by atoms with van der Waals surface area (Å²) in [4.78, 5) is 44.2. The van der Waals surface area contributed by atoms with Crippen molar-refractivity contribution in [2.45, 2.75) is 25.7 Å². The molecule has 0 bridgehead atoms. The Morgan fingerprint density at radius 2 is 1.57 bits per heavy atom. The molecule has 35 heavy (non-hydrogen) atoms. The van der Waals surface area contributed by atoms with E-state index in [1.54, 1.807) is 26.0 Å². The molecule has 0 aliphatic rings. The number of benzene rings is 1. The van der Waals surface area contributed by atoms with Crippen molar-refractivity contribution in [2.75, 3.05) is 13.2 Å². The zero-order chi connectivity index (χ0) is 25.5. The van der Waals surface area contributed by atoms with Gasteiger partial charge < -0.3 is 13.9 Å². The van der Waals surface area contributed by atoms with Gasteiger partial charge in [-0.15, -0.1) is 0 Å². The van der Waals surface area contributed by atoms with Crippen LogP contribution in [0.25, 0.3) is 27.7 Å². The van der Waals surface area contributed by atoms with Crippen LogP contribution in [0.3, 0.4) is 0 Å². The van der Waals surface area contributed by atoms with Crippen LogP contribution < -0.4 is 0 Å². The molecule has 13 nitrogen and oxygen atoms in total. The van der Waals surface area contributed by atoms with E-state index in [0.29, 0.717) is 0 Å². The van der Waals surface area contributed by atoms with Gasteiger partial charge in [0.15, 0.2) is 11.6 Å². The number of nitriles is 3. The van der Waals surface area contributed by atoms with E-state index >= 15 is 0 Å². The molecule has 0 amide bonds. The van der Waals surface area contributed by atoms with E-state index in [9.17, 15) is 25.4 Å². The van der Waals surface area contributed by atoms with Gasteiger partial charge in [0, 0.05) is 0 Å². The fourth-order valence-electron chi connectivity index (χ4n) is 2.89. The summed E-state index contributed by atoms with van der Waals surface area (Å²) in [5.74, 6) is -6.38. The first-order valence-corrected chi connectivity index (χ1v) is 10.0. The highest BCUT2D eigenvalue weighted by Crippen LogP contribution is 2.30. The lowest BCUT2D eigenvalue weighted by Gasteiger charge is -2.11. The third-order valence-electron chi connectivity index (χ3n) is 4.43. The van der Waals surface area contributed by atoms with Gasteiger partial charge in [-0.25, -0.2) is 24.8 Å². The van der Waals surface area contributed by atoms with Crippen LogP contribution in [0.15, 0.2) is 16.5 Å². The molecule has 2 heterocycles. The quantitative estimate of drug-likeness (QED) is 0.362. The number of hydrogen-bond acceptors (Lipinski definition) is 12. The highest BCUT2D eigenvalue weighted by molar-refractivity contribution is 5.84. The lowest BCUT2D eigenvalue weighted by molar-refractivity contribution is -0.144. The Kier molecular flexibility index (Phi) is 7.26. The van der Waals surface area contributed by atoms with Crippen LogP contribution in [0.4, 0.5) is 5.69 Å². The Bertz CT molecular complexity index is 1380. The van der Waals surface area contributed by atoms with Gasteiger partial charge in [-0.3, -0.25) is 9.59 Å². The maximum absolute atomic E-state index is 12.3. The van der Waals surface area contributed by atoms with Crippen molar-refractivity contribution in [1.82, 2.24) is 19.9 Å². The molecule has 172 valence electrons. The van der Waals surface area contributed by atoms with Crippen molar-refractivity contribution in [3.8, 4) is 29.9 Å². The van der Waals surface area contributed by atoms with Crippen LogP contribution in [-0.4, -0.2) is 45.1 Å². The van der Waals surface area contributed by atoms with E-state index in [1.165, 1.54) is 12.1 Å². The minimum atomic E-state index is -1.60. The molecule has 2 unspecified atom stereocenters. The van der Waals surface area contributed by atoms with Crippen molar-refractivity contribution >= 4 is 28.7 Å². The fraction of sp³-hybridized carbons (Fsp3) is 0.273. The van der Waals surface area contributed by atoms with Crippen LogP contribution in [0.1, 0.15) is 42.9 Å². The van der Waals surface area contributed by atoms with Gasteiger partial charge in [-0.2, -0.15) is 15.8 Å². The summed E-state index contributed by atoms with van der Waals surface area (Å²) >= 11 is 0. The zero-order valence-corrected chi connectivity index (χ0v) is 18.3. The number of ether oxygens (including phenoxy) is 2. The van der Waals surface area contributed by atoms with Gasteiger partial charge in [0.25, 0.3) is 5.89 Å². The van der Waals surface area contributed by atoms with E-state index in [2.05, 4.69) is 24.8 Å². The lowest BCUT2D eigenvalue weighted by Crippen LogP contribution is -2.22. The Hall–Kier alpha value is -5.40. The van der Waals surface area contributed by atoms with Crippen molar-refractivity contribution in [1.29, 1.82) is 15.8 Å². The van der Waals surface area contributed by atoms with Gasteiger partial charge in [0.05, 0.1) is 43.6 Å². The fourth-order valence-corrected chi connectivity index (χ4v) is 2.89. The minimum absolute atomic E-state index is 0.0127. The normalized spacial score (nSPS) is 11.8. The standard InChI is InChI=1S/C22H14N8O5/c1-4-33-21(31)12(9-24)17-28-18(13(10-25)22(32)34-5-2)30-19(29-17)20-27-15-6-11(8-23)14(26-3)7-16(15)35-20/h6-7,12-13H,4-5H2,1-2H3. The highest BCUT2D eigenvalue weighted by atomic mass is 16.5. The molecule has 2 aromatic heterocycles. The van der Waals surface area contributed by atoms with Crippen molar-refractivity contribution in [2.24, 2.45) is 0 Å². The topological polar surface area (TPSA) is 193 Å². The number of oxazole rings is 1. The Morgan fingerprint density at radius 3 is 2.03 bits per heavy atom. The average Bonchev–Trinajstić information content (AvgIpc) is 3.27. The second-order valence-electron chi connectivity index (χ2n) is 6.58. The minimum Gasteiger partial charge on any atom is -0.465 e. The third kappa shape index (κ3) is 4.85. The SMILES string of the molecule is [C-]#[N+]c1cc2oc(-c3nc(C(C#N)C(=O)OCC)nc(C(C#N)C(=O)OCC)n3)nc2cc1C#N. The largest absolute Gasteiger partial charge is 0.465 e. The Morgan fingerprint density at radius 1 is 1.00 bits per heavy atom. The summed E-state index contributed by atoms with van der Waals surface area (Å²) < 4.78 is 15.4. The monoisotopic (exact) mass is 470 g/mol. The van der Waals surface area contributed by atoms with Crippen molar-refractivity contribution in [3.05, 3.63) is 40.8 Å². The molecule has 0 aliphatic heterocycles. The summed E-state index contributed by atoms with van der Waals surface area (Å²) in [6.45, 7) is 10.3. The maximum Gasteiger partial charge on any atom is 0.331 e. The maximum atomic E-state index is 12.3. The Balaban J connectivity index is 2.24. The second-order valence-corrected chi connectivity index (χ2v) is 6.58. The van der Waals surface area contributed by atoms with Crippen LogP contribution in [0.5, 0.6) is 0 Å². The molecule has 0 N–H and O–H groups in total. The van der Waals surface area contributed by atoms with Gasteiger partial charge in [0.1, 0.15) is 11.1 Å². The number of nitrogens with zero attached hydrogens (tertiary/aromatic N) is 8. The van der Waals surface area contributed by atoms with E-state index < -0.39 is 35.4 Å². The van der Waals surface area contributed by atoms with Crippen LogP contribution in [0.2, 0.25) is 0 Å². The molecule has 0 aliphatic carbocycles. The highest BCUT2D eigenvalue weighted by Gasteiger charge is 2.32. The van der Waals surface area contributed by atoms with E-state index in [1.807, 2.05) is 6.07 Å². The summed E-state index contributed by atoms with van der Waals surface area (Å²) in [5.41, 5.74) is 0.455. The molecular weight excluding hydrogens is 456 g/mol. The summed E-state index contributed by atoms with van der Waals surface area (Å²) in [6, 6.07) is 8.00. The first-order chi connectivity index (χ1) is 16.9.